The number of hydrogen-bond donors (Lipinski definition) is 1. The second-order valence-electron chi connectivity index (χ2n) is 5.95. The molecular weight excluding hydrogens is 441 g/mol. The van der Waals surface area contributed by atoms with Gasteiger partial charge in [-0.1, -0.05) is 18.2 Å². The number of carbonyl (C=O) groups is 1. The number of nitrogens with zero attached hydrogens (tertiary/aromatic N) is 2. The van der Waals surface area contributed by atoms with Gasteiger partial charge < -0.3 is 10.1 Å². The molecule has 0 unspecified atom stereocenters. The molecule has 0 saturated carbocycles. The SMILES string of the molecule is Cl.O=C(COc1cccc(CN(CCCl)CCCl)c1)Nc1cccc([N+](=O)[O-])c1. The highest BCUT2D eigenvalue weighted by atomic mass is 35.5. The third kappa shape index (κ3) is 8.87. The predicted molar refractivity (Wildman–Crippen MR) is 118 cm³/mol. The molecule has 2 aromatic carbocycles. The van der Waals surface area contributed by atoms with E-state index in [-0.39, 0.29) is 24.7 Å². The van der Waals surface area contributed by atoms with Crippen molar-refractivity contribution in [1.29, 1.82) is 0 Å². The van der Waals surface area contributed by atoms with Gasteiger partial charge in [-0.25, -0.2) is 0 Å². The Morgan fingerprint density at radius 1 is 1.10 bits per heavy atom. The van der Waals surface area contributed by atoms with Crippen molar-refractivity contribution in [3.05, 3.63) is 64.2 Å². The van der Waals surface area contributed by atoms with E-state index in [9.17, 15) is 14.9 Å². The summed E-state index contributed by atoms with van der Waals surface area (Å²) in [5.41, 5.74) is 1.27. The second-order valence-corrected chi connectivity index (χ2v) is 6.70. The lowest BCUT2D eigenvalue weighted by Crippen LogP contribution is -2.27. The summed E-state index contributed by atoms with van der Waals surface area (Å²) in [6, 6.07) is 13.2. The van der Waals surface area contributed by atoms with E-state index in [2.05, 4.69) is 10.2 Å². The first kappa shape index (κ1) is 25.0. The Morgan fingerprint density at radius 2 is 1.79 bits per heavy atom. The van der Waals surface area contributed by atoms with Gasteiger partial charge in [0.25, 0.3) is 11.6 Å². The molecule has 1 N–H and O–H groups in total. The highest BCUT2D eigenvalue weighted by Crippen LogP contribution is 2.18. The van der Waals surface area contributed by atoms with E-state index in [4.69, 9.17) is 27.9 Å². The van der Waals surface area contributed by atoms with Crippen LogP contribution in [-0.2, 0) is 11.3 Å². The van der Waals surface area contributed by atoms with Crippen molar-refractivity contribution in [2.24, 2.45) is 0 Å². The molecule has 158 valence electrons. The van der Waals surface area contributed by atoms with Crippen molar-refractivity contribution in [3.8, 4) is 5.75 Å². The summed E-state index contributed by atoms with van der Waals surface area (Å²) in [6.45, 7) is 1.92. The van der Waals surface area contributed by atoms with E-state index in [0.29, 0.717) is 29.7 Å². The minimum Gasteiger partial charge on any atom is -0.484 e. The number of halogens is 3. The van der Waals surface area contributed by atoms with Crippen LogP contribution in [0.2, 0.25) is 0 Å². The van der Waals surface area contributed by atoms with Crippen molar-refractivity contribution in [2.45, 2.75) is 6.54 Å². The lowest BCUT2D eigenvalue weighted by atomic mass is 10.2. The standard InChI is InChI=1S/C19H21Cl2N3O4.ClH/c20-7-9-23(10-8-21)13-15-3-1-6-18(11-15)28-14-19(25)22-16-4-2-5-17(12-16)24(26)27;/h1-6,11-12H,7-10,13-14H2,(H,22,25);1H. The Labute approximate surface area is 185 Å². The molecule has 0 saturated heterocycles. The maximum Gasteiger partial charge on any atom is 0.271 e. The van der Waals surface area contributed by atoms with Crippen LogP contribution in [-0.4, -0.2) is 47.2 Å². The van der Waals surface area contributed by atoms with Gasteiger partial charge in [-0.15, -0.1) is 35.6 Å². The number of amides is 1. The number of alkyl halides is 2. The quantitative estimate of drug-likeness (QED) is 0.305. The largest absolute Gasteiger partial charge is 0.484 e. The average Bonchev–Trinajstić information content (AvgIpc) is 2.67. The normalized spacial score (nSPS) is 10.3. The molecule has 0 spiro atoms. The summed E-state index contributed by atoms with van der Waals surface area (Å²) in [5, 5.41) is 13.4. The second kappa shape index (κ2) is 13.2. The van der Waals surface area contributed by atoms with Crippen LogP contribution >= 0.6 is 35.6 Å². The minimum absolute atomic E-state index is 0. The van der Waals surface area contributed by atoms with Crippen LogP contribution in [0.4, 0.5) is 11.4 Å². The summed E-state index contributed by atoms with van der Waals surface area (Å²) in [7, 11) is 0. The van der Waals surface area contributed by atoms with Crippen LogP contribution in [0.15, 0.2) is 48.5 Å². The maximum absolute atomic E-state index is 12.1. The number of nitro groups is 1. The van der Waals surface area contributed by atoms with Crippen molar-refractivity contribution < 1.29 is 14.5 Å². The number of rotatable bonds is 11. The Morgan fingerprint density at radius 3 is 2.45 bits per heavy atom. The van der Waals surface area contributed by atoms with Gasteiger partial charge in [0.15, 0.2) is 6.61 Å². The molecule has 10 heteroatoms. The molecule has 0 atom stereocenters. The van der Waals surface area contributed by atoms with Crippen molar-refractivity contribution >= 4 is 52.9 Å². The zero-order valence-corrected chi connectivity index (χ0v) is 17.9. The maximum atomic E-state index is 12.1. The smallest absolute Gasteiger partial charge is 0.271 e. The fourth-order valence-corrected chi connectivity index (χ4v) is 3.02. The summed E-state index contributed by atoms with van der Waals surface area (Å²) in [4.78, 5) is 24.5. The highest BCUT2D eigenvalue weighted by molar-refractivity contribution is 6.18. The molecule has 0 aliphatic heterocycles. The monoisotopic (exact) mass is 461 g/mol. The molecule has 2 aromatic rings. The number of nitro benzene ring substituents is 1. The van der Waals surface area contributed by atoms with Gasteiger partial charge in [0.05, 0.1) is 4.92 Å². The zero-order valence-electron chi connectivity index (χ0n) is 15.6. The van der Waals surface area contributed by atoms with Crippen LogP contribution in [0.1, 0.15) is 5.56 Å². The first-order chi connectivity index (χ1) is 13.5. The van der Waals surface area contributed by atoms with Gasteiger partial charge >= 0.3 is 0 Å². The van der Waals surface area contributed by atoms with E-state index < -0.39 is 10.8 Å². The first-order valence-electron chi connectivity index (χ1n) is 8.62. The molecule has 7 nitrogen and oxygen atoms in total. The third-order valence-electron chi connectivity index (χ3n) is 3.82. The molecule has 0 radical (unpaired) electrons. The zero-order chi connectivity index (χ0) is 20.4. The Kier molecular flexibility index (Phi) is 11.4. The number of benzene rings is 2. The fourth-order valence-electron chi connectivity index (χ4n) is 2.54. The molecular formula is C19H22Cl3N3O4. The molecule has 0 bridgehead atoms. The van der Waals surface area contributed by atoms with E-state index in [1.807, 2.05) is 18.2 Å². The van der Waals surface area contributed by atoms with Crippen LogP contribution in [0.5, 0.6) is 5.75 Å². The van der Waals surface area contributed by atoms with Gasteiger partial charge in [0.2, 0.25) is 0 Å². The number of non-ortho nitro benzene ring substituents is 1. The molecule has 0 heterocycles. The lowest BCUT2D eigenvalue weighted by Gasteiger charge is -2.20. The van der Waals surface area contributed by atoms with Crippen molar-refractivity contribution in [2.75, 3.05) is 36.8 Å². The van der Waals surface area contributed by atoms with Crippen LogP contribution in [0.25, 0.3) is 0 Å². The summed E-state index contributed by atoms with van der Waals surface area (Å²) in [6.07, 6.45) is 0. The molecule has 2 rings (SSSR count). The van der Waals surface area contributed by atoms with Gasteiger partial charge in [-0.2, -0.15) is 0 Å². The first-order valence-corrected chi connectivity index (χ1v) is 9.69. The Balaban J connectivity index is 0.00000420. The van der Waals surface area contributed by atoms with E-state index in [1.165, 1.54) is 18.2 Å². The predicted octanol–water partition coefficient (Wildman–Crippen LogP) is 4.31. The highest BCUT2D eigenvalue weighted by Gasteiger charge is 2.10. The number of carbonyl (C=O) groups excluding carboxylic acids is 1. The molecule has 0 aromatic heterocycles. The molecule has 1 amide bonds. The van der Waals surface area contributed by atoms with E-state index >= 15 is 0 Å². The molecule has 0 fully saturated rings. The fraction of sp³-hybridized carbons (Fsp3) is 0.316. The van der Waals surface area contributed by atoms with Crippen LogP contribution in [0.3, 0.4) is 0 Å². The molecule has 0 aliphatic rings. The van der Waals surface area contributed by atoms with E-state index in [0.717, 1.165) is 18.7 Å². The number of ether oxygens (including phenoxy) is 1. The van der Waals surface area contributed by atoms with Gasteiger partial charge in [-0.05, 0) is 23.8 Å². The summed E-state index contributed by atoms with van der Waals surface area (Å²) < 4.78 is 5.54. The summed E-state index contributed by atoms with van der Waals surface area (Å²) in [5.74, 6) is 1.19. The molecule has 29 heavy (non-hydrogen) atoms. The van der Waals surface area contributed by atoms with Gasteiger partial charge in [-0.3, -0.25) is 19.8 Å². The van der Waals surface area contributed by atoms with Crippen molar-refractivity contribution in [3.63, 3.8) is 0 Å². The third-order valence-corrected chi connectivity index (χ3v) is 4.15. The average molecular weight is 463 g/mol. The number of hydrogen-bond acceptors (Lipinski definition) is 5. The number of anilines is 1. The van der Waals surface area contributed by atoms with Crippen molar-refractivity contribution in [1.82, 2.24) is 4.90 Å². The van der Waals surface area contributed by atoms with Crippen LogP contribution < -0.4 is 10.1 Å². The lowest BCUT2D eigenvalue weighted by molar-refractivity contribution is -0.384. The van der Waals surface area contributed by atoms with E-state index in [1.54, 1.807) is 12.1 Å². The van der Waals surface area contributed by atoms with Crippen LogP contribution in [0, 0.1) is 10.1 Å². The minimum atomic E-state index is -0.518. The topological polar surface area (TPSA) is 84.7 Å². The van der Waals surface area contributed by atoms with Gasteiger partial charge in [0, 0.05) is 49.2 Å². The van der Waals surface area contributed by atoms with Gasteiger partial charge in [0.1, 0.15) is 5.75 Å². The number of nitrogens with one attached hydrogen (secondary N) is 1. The Bertz CT molecular complexity index is 802. The summed E-state index contributed by atoms with van der Waals surface area (Å²) >= 11 is 11.6. The Hall–Kier alpha value is -2.06. The molecule has 0 aliphatic carbocycles.